The van der Waals surface area contributed by atoms with Crippen LogP contribution >= 0.6 is 0 Å². The van der Waals surface area contributed by atoms with Crippen molar-refractivity contribution in [3.8, 4) is 0 Å². The summed E-state index contributed by atoms with van der Waals surface area (Å²) in [6, 6.07) is 0. The maximum atomic E-state index is 12.4. The molecule has 0 radical (unpaired) electrons. The van der Waals surface area contributed by atoms with E-state index in [9.17, 15) is 14.4 Å². The lowest BCUT2D eigenvalue weighted by Crippen LogP contribution is -2.28. The fraction of sp³-hybridized carbons (Fsp3) is 0.816. The molecule has 0 bridgehead atoms. The Morgan fingerprint density at radius 3 is 1.16 bits per heavy atom. The Bertz CT molecular complexity index is 1170. The number of rotatable bonds is 44. The molecule has 1 amide bonds. The van der Waals surface area contributed by atoms with Gasteiger partial charge >= 0.3 is 0 Å². The second kappa shape index (κ2) is 39.5. The molecule has 5 N–H and O–H groups in total. The van der Waals surface area contributed by atoms with Crippen LogP contribution in [0, 0.1) is 0 Å². The number of ketones is 2. The highest BCUT2D eigenvalue weighted by Gasteiger charge is 2.19. The molecule has 1 aromatic heterocycles. The normalized spacial score (nSPS) is 11.3. The number of carbonyl (C=O) groups excluding carboxylic acids is 3. The van der Waals surface area contributed by atoms with Gasteiger partial charge in [-0.2, -0.15) is 0 Å². The first-order valence-corrected chi connectivity index (χ1v) is 20.0. The maximum absolute atomic E-state index is 12.4. The zero-order chi connectivity index (χ0) is 42.2. The summed E-state index contributed by atoms with van der Waals surface area (Å²) < 4.78 is 64.8. The highest BCUT2D eigenvalue weighted by molar-refractivity contribution is 6.01. The van der Waals surface area contributed by atoms with Crippen molar-refractivity contribution >= 4 is 29.1 Å². The molecule has 336 valence electrons. The average molecular weight is 836 g/mol. The van der Waals surface area contributed by atoms with Crippen molar-refractivity contribution < 1.29 is 71.2 Å². The number of hydrogen-bond donors (Lipinski definition) is 3. The highest BCUT2D eigenvalue weighted by atomic mass is 16.6. The van der Waals surface area contributed by atoms with Crippen molar-refractivity contribution in [2.24, 2.45) is 0 Å². The number of methoxy groups -OCH3 is 1. The molecule has 0 saturated carbocycles. The smallest absolute Gasteiger partial charge is 0.273 e. The summed E-state index contributed by atoms with van der Waals surface area (Å²) in [6.07, 6.45) is 1.84. The van der Waals surface area contributed by atoms with Crippen molar-refractivity contribution in [1.82, 2.24) is 15.3 Å². The van der Waals surface area contributed by atoms with Gasteiger partial charge in [-0.25, -0.2) is 9.97 Å². The lowest BCUT2D eigenvalue weighted by Gasteiger charge is -2.09. The molecular formula is C38H69N5O15. The van der Waals surface area contributed by atoms with E-state index in [-0.39, 0.29) is 67.0 Å². The van der Waals surface area contributed by atoms with Gasteiger partial charge in [0.25, 0.3) is 5.91 Å². The third-order valence-electron chi connectivity index (χ3n) is 7.50. The third kappa shape index (κ3) is 31.0. The highest BCUT2D eigenvalue weighted by Crippen LogP contribution is 2.15. The van der Waals surface area contributed by atoms with E-state index in [1.54, 1.807) is 7.11 Å². The first-order valence-electron chi connectivity index (χ1n) is 20.0. The van der Waals surface area contributed by atoms with Crippen LogP contribution in [0.1, 0.15) is 60.0 Å². The van der Waals surface area contributed by atoms with Gasteiger partial charge in [0.1, 0.15) is 5.78 Å². The minimum absolute atomic E-state index is 0.0124. The molecule has 0 unspecified atom stereocenters. The number of carbonyl (C=O) groups is 3. The van der Waals surface area contributed by atoms with Gasteiger partial charge in [0.05, 0.1) is 152 Å². The molecule has 0 fully saturated rings. The van der Waals surface area contributed by atoms with Crippen LogP contribution in [0.3, 0.4) is 0 Å². The van der Waals surface area contributed by atoms with Crippen LogP contribution < -0.4 is 16.8 Å². The molecule has 1 rings (SSSR count). The number of anilines is 2. The monoisotopic (exact) mass is 835 g/mol. The van der Waals surface area contributed by atoms with Crippen LogP contribution in [0.25, 0.3) is 0 Å². The predicted molar refractivity (Wildman–Crippen MR) is 212 cm³/mol. The SMILES string of the molecule is CCCC(=O)c1nc(N)c(C(=O)NCCCC(=O)CCOCCOCCOCCOCCOCCOCCOCCOCCOCCOCCOCCOC)nc1N. The number of hydrogen-bond acceptors (Lipinski definition) is 19. The Balaban J connectivity index is 1.76. The van der Waals surface area contributed by atoms with E-state index in [0.29, 0.717) is 158 Å². The summed E-state index contributed by atoms with van der Waals surface area (Å²) in [5, 5.41) is 2.64. The van der Waals surface area contributed by atoms with E-state index in [0.717, 1.165) is 0 Å². The number of nitrogens with one attached hydrogen (secondary N) is 1. The van der Waals surface area contributed by atoms with Crippen LogP contribution in [0.4, 0.5) is 11.6 Å². The number of nitrogens with two attached hydrogens (primary N) is 2. The number of nitrogen functional groups attached to an aromatic ring is 2. The molecule has 0 aliphatic carbocycles. The second-order valence-electron chi connectivity index (χ2n) is 12.2. The molecular weight excluding hydrogens is 766 g/mol. The van der Waals surface area contributed by atoms with Gasteiger partial charge in [-0.3, -0.25) is 14.4 Å². The van der Waals surface area contributed by atoms with Crippen LogP contribution in [0.5, 0.6) is 0 Å². The third-order valence-corrected chi connectivity index (χ3v) is 7.50. The molecule has 0 atom stereocenters. The van der Waals surface area contributed by atoms with E-state index < -0.39 is 5.91 Å². The van der Waals surface area contributed by atoms with Gasteiger partial charge in [-0.15, -0.1) is 0 Å². The van der Waals surface area contributed by atoms with E-state index in [4.69, 9.17) is 68.3 Å². The molecule has 20 nitrogen and oxygen atoms in total. The number of Topliss-reactive ketones (excluding diaryl/α,β-unsaturated/α-hetero) is 2. The maximum Gasteiger partial charge on any atom is 0.273 e. The zero-order valence-corrected chi connectivity index (χ0v) is 34.7. The summed E-state index contributed by atoms with van der Waals surface area (Å²) in [4.78, 5) is 44.5. The first-order chi connectivity index (χ1) is 28.4. The van der Waals surface area contributed by atoms with E-state index in [1.807, 2.05) is 6.92 Å². The Hall–Kier alpha value is -2.99. The standard InChI is InChI=1S/C38H69N5O15/c1-3-5-33(45)34-36(39)43-35(37(40)42-34)38(46)41-8-4-6-32(44)7-9-48-12-13-50-16-17-52-20-21-54-24-25-56-28-29-58-31-30-57-27-26-55-23-22-53-19-18-51-15-14-49-11-10-47-2/h3-31H2,1-2H3,(H2,39,43)(H2,40,42)(H,41,46). The first kappa shape index (κ1) is 53.0. The molecule has 1 heterocycles. The number of nitrogens with zero attached hydrogens (tertiary/aromatic N) is 2. The lowest BCUT2D eigenvalue weighted by atomic mass is 10.1. The molecule has 58 heavy (non-hydrogen) atoms. The van der Waals surface area contributed by atoms with Gasteiger partial charge in [-0.05, 0) is 12.8 Å². The minimum atomic E-state index is -0.577. The molecule has 0 spiro atoms. The summed E-state index contributed by atoms with van der Waals surface area (Å²) in [6.45, 7) is 12.9. The summed E-state index contributed by atoms with van der Waals surface area (Å²) in [5.41, 5.74) is 11.4. The van der Waals surface area contributed by atoms with Gasteiger partial charge in [0.15, 0.2) is 28.8 Å². The van der Waals surface area contributed by atoms with Gasteiger partial charge in [0.2, 0.25) is 0 Å². The molecule has 0 aromatic carbocycles. The van der Waals surface area contributed by atoms with E-state index in [1.165, 1.54) is 0 Å². The zero-order valence-electron chi connectivity index (χ0n) is 34.7. The quantitative estimate of drug-likeness (QED) is 0.0610. The number of amides is 1. The lowest BCUT2D eigenvalue weighted by molar-refractivity contribution is -0.120. The topological polar surface area (TPSA) is 252 Å². The van der Waals surface area contributed by atoms with E-state index in [2.05, 4.69) is 15.3 Å². The van der Waals surface area contributed by atoms with E-state index >= 15 is 0 Å². The summed E-state index contributed by atoms with van der Waals surface area (Å²) in [7, 11) is 1.64. The largest absolute Gasteiger partial charge is 0.382 e. The molecule has 20 heteroatoms. The van der Waals surface area contributed by atoms with Gasteiger partial charge < -0.3 is 73.6 Å². The Morgan fingerprint density at radius 1 is 0.466 bits per heavy atom. The molecule has 1 aromatic rings. The predicted octanol–water partition coefficient (Wildman–Crippen LogP) is 0.922. The van der Waals surface area contributed by atoms with Crippen LogP contribution in [-0.4, -0.2) is 193 Å². The van der Waals surface area contributed by atoms with Crippen molar-refractivity contribution in [3.63, 3.8) is 0 Å². The fourth-order valence-electron chi connectivity index (χ4n) is 4.50. The van der Waals surface area contributed by atoms with Crippen molar-refractivity contribution in [2.45, 2.75) is 39.0 Å². The van der Waals surface area contributed by atoms with Gasteiger partial charge in [-0.1, -0.05) is 6.92 Å². The van der Waals surface area contributed by atoms with Crippen molar-refractivity contribution in [2.75, 3.05) is 177 Å². The number of ether oxygens (including phenoxy) is 12. The molecule has 0 saturated heterocycles. The Morgan fingerprint density at radius 2 is 0.793 bits per heavy atom. The Labute approximate surface area is 342 Å². The van der Waals surface area contributed by atoms with Crippen LogP contribution in [0.2, 0.25) is 0 Å². The minimum Gasteiger partial charge on any atom is -0.382 e. The van der Waals surface area contributed by atoms with Gasteiger partial charge in [0, 0.05) is 32.9 Å². The van der Waals surface area contributed by atoms with Crippen molar-refractivity contribution in [1.29, 1.82) is 0 Å². The fourth-order valence-corrected chi connectivity index (χ4v) is 4.50. The molecule has 0 aliphatic heterocycles. The average Bonchev–Trinajstić information content (AvgIpc) is 3.21. The molecule has 0 aliphatic rings. The van der Waals surface area contributed by atoms with Crippen LogP contribution in [-0.2, 0) is 61.6 Å². The Kier molecular flexibility index (Phi) is 36.1. The summed E-state index contributed by atoms with van der Waals surface area (Å²) >= 11 is 0. The van der Waals surface area contributed by atoms with Crippen LogP contribution in [0.15, 0.2) is 0 Å². The second-order valence-corrected chi connectivity index (χ2v) is 12.2. The van der Waals surface area contributed by atoms with Crippen molar-refractivity contribution in [3.05, 3.63) is 11.4 Å². The summed E-state index contributed by atoms with van der Waals surface area (Å²) in [5.74, 6) is -1.17. The number of aromatic nitrogens is 2.